The molecule has 5 aromatic rings. The van der Waals surface area contributed by atoms with E-state index in [4.69, 9.17) is 30.5 Å². The number of fused-ring (bicyclic) bond motifs is 4. The molecule has 1 fully saturated rings. The van der Waals surface area contributed by atoms with Gasteiger partial charge < -0.3 is 23.4 Å². The first-order chi connectivity index (χ1) is 19.5. The van der Waals surface area contributed by atoms with Crippen LogP contribution in [0.3, 0.4) is 0 Å². The van der Waals surface area contributed by atoms with E-state index >= 15 is 0 Å². The molecule has 0 aliphatic carbocycles. The molecule has 1 aliphatic heterocycles. The number of amides is 1. The van der Waals surface area contributed by atoms with Crippen molar-refractivity contribution in [2.24, 2.45) is 5.92 Å². The summed E-state index contributed by atoms with van der Waals surface area (Å²) in [5.74, 6) is 0.748. The molecule has 3 aromatic heterocycles. The van der Waals surface area contributed by atoms with Crippen LogP contribution in [-0.2, 0) is 16.1 Å². The number of ether oxygens (including phenoxy) is 2. The molecule has 1 saturated heterocycles. The zero-order valence-corrected chi connectivity index (χ0v) is 24.0. The fraction of sp³-hybridized carbons (Fsp3) is 0.379. The van der Waals surface area contributed by atoms with E-state index in [-0.39, 0.29) is 36.4 Å². The predicted molar refractivity (Wildman–Crippen MR) is 156 cm³/mol. The molecule has 0 radical (unpaired) electrons. The number of benzene rings is 2. The van der Waals surface area contributed by atoms with Gasteiger partial charge in [-0.25, -0.2) is 19.7 Å². The van der Waals surface area contributed by atoms with Crippen molar-refractivity contribution in [2.75, 3.05) is 32.6 Å². The van der Waals surface area contributed by atoms with Crippen LogP contribution in [0.1, 0.15) is 31.6 Å². The Balaban J connectivity index is 0.973. The van der Waals surface area contributed by atoms with Crippen LogP contribution in [-0.4, -0.2) is 63.1 Å². The van der Waals surface area contributed by atoms with Crippen molar-refractivity contribution in [3.8, 4) is 0 Å². The third-order valence-electron chi connectivity index (χ3n) is 7.31. The average molecular weight is 580 g/mol. The molecule has 2 atom stereocenters. The molecule has 6 rings (SSSR count). The lowest BCUT2D eigenvalue weighted by Crippen LogP contribution is -2.44. The van der Waals surface area contributed by atoms with Crippen LogP contribution in [0, 0.1) is 5.92 Å². The highest BCUT2D eigenvalue weighted by atomic mass is 35.5. The number of imidazole rings is 1. The molecule has 0 saturated carbocycles. The van der Waals surface area contributed by atoms with Crippen LogP contribution in [0.2, 0.25) is 5.15 Å². The van der Waals surface area contributed by atoms with E-state index in [1.807, 2.05) is 36.4 Å². The topological polar surface area (TPSA) is 95.5 Å². The Kier molecular flexibility index (Phi) is 7.82. The maximum Gasteiger partial charge on any atom is 0.409 e. The standard InChI is InChI=1S/C29H30ClN5O4S/c1-18-16-34(13-12-21(18)35-22-10-5-4-9-20(22)31-28(35)40-2)29(36)38-15-7-14-37-17-24-32-25-19-8-3-6-11-23(19)39-26(25)27(30)33-24/h3-6,8-11,18,21H,7,12-17H2,1-2H3/t18-,21-/m0/s1. The molecule has 1 amide bonds. The number of furan rings is 1. The molecule has 0 bridgehead atoms. The lowest BCUT2D eigenvalue weighted by atomic mass is 9.93. The number of para-hydroxylation sites is 3. The summed E-state index contributed by atoms with van der Waals surface area (Å²) < 4.78 is 19.4. The van der Waals surface area contributed by atoms with Crippen LogP contribution < -0.4 is 0 Å². The minimum absolute atomic E-state index is 0.203. The number of hydrogen-bond acceptors (Lipinski definition) is 8. The van der Waals surface area contributed by atoms with Gasteiger partial charge in [-0.1, -0.05) is 54.6 Å². The Morgan fingerprint density at radius 1 is 1.12 bits per heavy atom. The Hall–Kier alpha value is -3.34. The van der Waals surface area contributed by atoms with Gasteiger partial charge in [0.2, 0.25) is 0 Å². The zero-order chi connectivity index (χ0) is 27.6. The first-order valence-electron chi connectivity index (χ1n) is 13.4. The van der Waals surface area contributed by atoms with Crippen molar-refractivity contribution in [3.05, 3.63) is 59.5 Å². The number of nitrogens with zero attached hydrogens (tertiary/aromatic N) is 5. The molecule has 0 N–H and O–H groups in total. The minimum Gasteiger partial charge on any atom is -0.451 e. The zero-order valence-electron chi connectivity index (χ0n) is 22.4. The maximum absolute atomic E-state index is 12.8. The van der Waals surface area contributed by atoms with Gasteiger partial charge in [0.25, 0.3) is 0 Å². The van der Waals surface area contributed by atoms with Crippen molar-refractivity contribution in [1.29, 1.82) is 0 Å². The smallest absolute Gasteiger partial charge is 0.409 e. The fourth-order valence-corrected chi connectivity index (χ4v) is 6.26. The molecule has 2 aromatic carbocycles. The van der Waals surface area contributed by atoms with Crippen molar-refractivity contribution in [1.82, 2.24) is 24.4 Å². The molecule has 1 aliphatic rings. The number of carbonyl (C=O) groups is 1. The third-order valence-corrected chi connectivity index (χ3v) is 8.22. The Morgan fingerprint density at radius 3 is 2.80 bits per heavy atom. The van der Waals surface area contributed by atoms with Crippen molar-refractivity contribution >= 4 is 62.6 Å². The quantitative estimate of drug-likeness (QED) is 0.113. The van der Waals surface area contributed by atoms with Crippen molar-refractivity contribution < 1.29 is 18.7 Å². The summed E-state index contributed by atoms with van der Waals surface area (Å²) in [5, 5.41) is 2.16. The largest absolute Gasteiger partial charge is 0.451 e. The summed E-state index contributed by atoms with van der Waals surface area (Å²) in [5.41, 5.74) is 4.01. The highest BCUT2D eigenvalue weighted by Crippen LogP contribution is 2.35. The predicted octanol–water partition coefficient (Wildman–Crippen LogP) is 6.73. The van der Waals surface area contributed by atoms with E-state index in [0.717, 1.165) is 28.0 Å². The molecular weight excluding hydrogens is 550 g/mol. The number of hydrogen-bond donors (Lipinski definition) is 0. The number of likely N-dealkylation sites (tertiary alicyclic amines) is 1. The van der Waals surface area contributed by atoms with Gasteiger partial charge in [-0.05, 0) is 42.9 Å². The third kappa shape index (κ3) is 5.23. The van der Waals surface area contributed by atoms with E-state index < -0.39 is 0 Å². The first kappa shape index (κ1) is 26.9. The second kappa shape index (κ2) is 11.6. The number of thioether (sulfide) groups is 1. The van der Waals surface area contributed by atoms with Crippen LogP contribution >= 0.6 is 23.4 Å². The number of aromatic nitrogens is 4. The first-order valence-corrected chi connectivity index (χ1v) is 15.0. The summed E-state index contributed by atoms with van der Waals surface area (Å²) in [7, 11) is 0. The lowest BCUT2D eigenvalue weighted by molar-refractivity contribution is 0.0583. The van der Waals surface area contributed by atoms with Gasteiger partial charge in [-0.2, -0.15) is 0 Å². The van der Waals surface area contributed by atoms with Gasteiger partial charge in [0.1, 0.15) is 17.7 Å². The van der Waals surface area contributed by atoms with Gasteiger partial charge in [0, 0.05) is 30.9 Å². The van der Waals surface area contributed by atoms with E-state index in [1.165, 1.54) is 0 Å². The summed E-state index contributed by atoms with van der Waals surface area (Å²) >= 11 is 7.98. The van der Waals surface area contributed by atoms with Crippen LogP contribution in [0.25, 0.3) is 33.1 Å². The van der Waals surface area contributed by atoms with Gasteiger partial charge in [-0.3, -0.25) is 0 Å². The van der Waals surface area contributed by atoms with E-state index in [9.17, 15) is 4.79 Å². The molecule has 4 heterocycles. The summed E-state index contributed by atoms with van der Waals surface area (Å²) in [6.07, 6.45) is 3.20. The van der Waals surface area contributed by atoms with Crippen LogP contribution in [0.15, 0.2) is 58.1 Å². The SMILES string of the molecule is CSc1nc2ccccc2n1[C@H]1CCN(C(=O)OCCCOCc2nc(Cl)c3oc4ccccc4c3n2)C[C@@H]1C. The molecule has 0 unspecified atom stereocenters. The van der Waals surface area contributed by atoms with Gasteiger partial charge in [-0.15, -0.1) is 0 Å². The minimum atomic E-state index is -0.279. The van der Waals surface area contributed by atoms with Gasteiger partial charge in [0.05, 0.1) is 24.2 Å². The fourth-order valence-electron chi connectivity index (χ4n) is 5.41. The van der Waals surface area contributed by atoms with E-state index in [0.29, 0.717) is 48.6 Å². The number of halogens is 1. The Bertz CT molecular complexity index is 1670. The van der Waals surface area contributed by atoms with Gasteiger partial charge in [0.15, 0.2) is 21.7 Å². The molecule has 11 heteroatoms. The monoisotopic (exact) mass is 579 g/mol. The molecule has 40 heavy (non-hydrogen) atoms. The number of piperidine rings is 1. The molecule has 0 spiro atoms. The van der Waals surface area contributed by atoms with Crippen molar-refractivity contribution in [3.63, 3.8) is 0 Å². The van der Waals surface area contributed by atoms with Crippen molar-refractivity contribution in [2.45, 2.75) is 37.6 Å². The van der Waals surface area contributed by atoms with E-state index in [2.05, 4.69) is 39.8 Å². The molecule has 9 nitrogen and oxygen atoms in total. The number of rotatable bonds is 8. The highest BCUT2D eigenvalue weighted by Gasteiger charge is 2.32. The Labute approximate surface area is 240 Å². The molecule has 208 valence electrons. The summed E-state index contributed by atoms with van der Waals surface area (Å²) in [6.45, 7) is 4.37. The lowest BCUT2D eigenvalue weighted by Gasteiger charge is -2.37. The van der Waals surface area contributed by atoms with Gasteiger partial charge >= 0.3 is 6.09 Å². The summed E-state index contributed by atoms with van der Waals surface area (Å²) in [4.78, 5) is 28.2. The molecular formula is C29H30ClN5O4S. The second-order valence-electron chi connectivity index (χ2n) is 9.96. The van der Waals surface area contributed by atoms with E-state index in [1.54, 1.807) is 16.7 Å². The average Bonchev–Trinajstić information content (AvgIpc) is 3.53. The highest BCUT2D eigenvalue weighted by molar-refractivity contribution is 7.98. The maximum atomic E-state index is 12.8. The normalized spacial score (nSPS) is 17.7. The number of carbonyl (C=O) groups excluding carboxylic acids is 1. The Morgan fingerprint density at radius 2 is 1.95 bits per heavy atom. The summed E-state index contributed by atoms with van der Waals surface area (Å²) in [6, 6.07) is 16.2. The second-order valence-corrected chi connectivity index (χ2v) is 11.1. The van der Waals surface area contributed by atoms with Crippen LogP contribution in [0.4, 0.5) is 4.79 Å². The van der Waals surface area contributed by atoms with Crippen LogP contribution in [0.5, 0.6) is 0 Å².